The Bertz CT molecular complexity index is 1180. The quantitative estimate of drug-likeness (QED) is 0.470. The van der Waals surface area contributed by atoms with Crippen LogP contribution >= 0.6 is 0 Å². The number of nitrogens with zero attached hydrogens (tertiary/aromatic N) is 2. The van der Waals surface area contributed by atoms with Crippen LogP contribution in [0, 0.1) is 0 Å². The highest BCUT2D eigenvalue weighted by atomic mass is 19.4. The van der Waals surface area contributed by atoms with Crippen molar-refractivity contribution in [3.8, 4) is 0 Å². The van der Waals surface area contributed by atoms with E-state index in [1.165, 1.54) is 17.7 Å². The van der Waals surface area contributed by atoms with Gasteiger partial charge in [-0.15, -0.1) is 0 Å². The summed E-state index contributed by atoms with van der Waals surface area (Å²) < 4.78 is 40.2. The van der Waals surface area contributed by atoms with Gasteiger partial charge in [-0.25, -0.2) is 0 Å². The summed E-state index contributed by atoms with van der Waals surface area (Å²) in [7, 11) is 0. The van der Waals surface area contributed by atoms with E-state index in [1.54, 1.807) is 12.3 Å². The molecule has 1 N–H and O–H groups in total. The van der Waals surface area contributed by atoms with Crippen molar-refractivity contribution >= 4 is 10.9 Å². The van der Waals surface area contributed by atoms with Gasteiger partial charge < -0.3 is 4.98 Å². The van der Waals surface area contributed by atoms with Gasteiger partial charge in [-0.05, 0) is 47.4 Å². The maximum absolute atomic E-state index is 13.4. The standard InChI is InChI=1S/C24H20F3N3/c25-24(26,27)18-7-3-6-17(13-18)23-22-20(19-8-1-2-9-21(19)29-22)10-12-30(23)15-16-5-4-11-28-14-16/h1-9,11,13-14,23,29H,10,12,15H2. The average molecular weight is 407 g/mol. The van der Waals surface area contributed by atoms with E-state index in [0.29, 0.717) is 12.1 Å². The second kappa shape index (κ2) is 7.29. The molecular formula is C24H20F3N3. The summed E-state index contributed by atoms with van der Waals surface area (Å²) >= 11 is 0. The second-order valence-electron chi connectivity index (χ2n) is 7.67. The Balaban J connectivity index is 1.64. The van der Waals surface area contributed by atoms with Crippen molar-refractivity contribution in [3.05, 3.63) is 101 Å². The maximum Gasteiger partial charge on any atom is 0.416 e. The van der Waals surface area contributed by atoms with Gasteiger partial charge in [0.2, 0.25) is 0 Å². The van der Waals surface area contributed by atoms with E-state index in [0.717, 1.165) is 41.2 Å². The average Bonchev–Trinajstić information content (AvgIpc) is 3.12. The van der Waals surface area contributed by atoms with Crippen LogP contribution < -0.4 is 0 Å². The Kier molecular flexibility index (Phi) is 4.59. The molecule has 3 nitrogen and oxygen atoms in total. The predicted octanol–water partition coefficient (Wildman–Crippen LogP) is 5.73. The molecule has 0 radical (unpaired) electrons. The molecule has 1 aliphatic heterocycles. The third-order valence-electron chi connectivity index (χ3n) is 5.77. The van der Waals surface area contributed by atoms with Gasteiger partial charge in [-0.3, -0.25) is 9.88 Å². The highest BCUT2D eigenvalue weighted by molar-refractivity contribution is 5.85. The van der Waals surface area contributed by atoms with Gasteiger partial charge in [0.1, 0.15) is 0 Å². The molecule has 6 heteroatoms. The van der Waals surface area contributed by atoms with Crippen LogP contribution in [0.5, 0.6) is 0 Å². The number of H-pyrrole nitrogens is 1. The number of fused-ring (bicyclic) bond motifs is 3. The zero-order chi connectivity index (χ0) is 20.7. The van der Waals surface area contributed by atoms with Gasteiger partial charge >= 0.3 is 6.18 Å². The lowest BCUT2D eigenvalue weighted by atomic mass is 9.91. The Morgan fingerprint density at radius 1 is 1.03 bits per heavy atom. The van der Waals surface area contributed by atoms with Gasteiger partial charge in [0.05, 0.1) is 11.6 Å². The largest absolute Gasteiger partial charge is 0.416 e. The number of pyridine rings is 1. The van der Waals surface area contributed by atoms with E-state index < -0.39 is 11.7 Å². The van der Waals surface area contributed by atoms with Crippen LogP contribution in [-0.4, -0.2) is 21.4 Å². The molecule has 0 spiro atoms. The first-order valence-electron chi connectivity index (χ1n) is 9.90. The van der Waals surface area contributed by atoms with Crippen molar-refractivity contribution in [1.29, 1.82) is 0 Å². The van der Waals surface area contributed by atoms with Gasteiger partial charge in [-0.1, -0.05) is 36.4 Å². The summed E-state index contributed by atoms with van der Waals surface area (Å²) in [6.45, 7) is 1.37. The molecule has 5 rings (SSSR count). The van der Waals surface area contributed by atoms with Crippen molar-refractivity contribution in [2.75, 3.05) is 6.54 Å². The van der Waals surface area contributed by atoms with E-state index in [-0.39, 0.29) is 6.04 Å². The normalized spacial score (nSPS) is 17.2. The summed E-state index contributed by atoms with van der Waals surface area (Å²) in [6, 6.07) is 17.3. The van der Waals surface area contributed by atoms with Crippen LogP contribution in [0.1, 0.15) is 34.0 Å². The zero-order valence-electron chi connectivity index (χ0n) is 16.2. The molecule has 1 unspecified atom stereocenters. The molecule has 0 saturated heterocycles. The molecular weight excluding hydrogens is 387 g/mol. The van der Waals surface area contributed by atoms with E-state index in [4.69, 9.17) is 0 Å². The summed E-state index contributed by atoms with van der Waals surface area (Å²) in [5.74, 6) is 0. The van der Waals surface area contributed by atoms with Crippen molar-refractivity contribution < 1.29 is 13.2 Å². The predicted molar refractivity (Wildman–Crippen MR) is 110 cm³/mol. The fraction of sp³-hybridized carbons (Fsp3) is 0.208. The third-order valence-corrected chi connectivity index (χ3v) is 5.77. The van der Waals surface area contributed by atoms with Crippen molar-refractivity contribution in [3.63, 3.8) is 0 Å². The van der Waals surface area contributed by atoms with E-state index in [1.807, 2.05) is 36.5 Å². The summed E-state index contributed by atoms with van der Waals surface area (Å²) in [5, 5.41) is 1.14. The minimum atomic E-state index is -4.37. The number of hydrogen-bond donors (Lipinski definition) is 1. The Labute approximate surface area is 172 Å². The van der Waals surface area contributed by atoms with E-state index in [2.05, 4.69) is 20.9 Å². The van der Waals surface area contributed by atoms with Gasteiger partial charge in [-0.2, -0.15) is 13.2 Å². The molecule has 4 aromatic rings. The molecule has 1 atom stereocenters. The molecule has 0 aliphatic carbocycles. The molecule has 2 aromatic heterocycles. The van der Waals surface area contributed by atoms with Crippen molar-refractivity contribution in [2.45, 2.75) is 25.2 Å². The topological polar surface area (TPSA) is 31.9 Å². The molecule has 3 heterocycles. The van der Waals surface area contributed by atoms with Crippen LogP contribution in [0.2, 0.25) is 0 Å². The fourth-order valence-corrected chi connectivity index (χ4v) is 4.45. The highest BCUT2D eigenvalue weighted by Crippen LogP contribution is 2.40. The second-order valence-corrected chi connectivity index (χ2v) is 7.67. The number of aromatic amines is 1. The third kappa shape index (κ3) is 3.37. The van der Waals surface area contributed by atoms with E-state index in [9.17, 15) is 13.2 Å². The molecule has 0 amide bonds. The molecule has 0 saturated carbocycles. The Morgan fingerprint density at radius 2 is 1.90 bits per heavy atom. The fourth-order valence-electron chi connectivity index (χ4n) is 4.45. The smallest absolute Gasteiger partial charge is 0.357 e. The van der Waals surface area contributed by atoms with Crippen LogP contribution in [-0.2, 0) is 19.1 Å². The monoisotopic (exact) mass is 407 g/mol. The number of alkyl halides is 3. The first-order chi connectivity index (χ1) is 14.5. The first-order valence-corrected chi connectivity index (χ1v) is 9.90. The molecule has 30 heavy (non-hydrogen) atoms. The SMILES string of the molecule is FC(F)(F)c1cccc(C2c3[nH]c4ccccc4c3CCN2Cc2cccnc2)c1. The van der Waals surface area contributed by atoms with Gasteiger partial charge in [0, 0.05) is 42.1 Å². The maximum atomic E-state index is 13.4. The summed E-state index contributed by atoms with van der Waals surface area (Å²) in [4.78, 5) is 9.92. The van der Waals surface area contributed by atoms with Crippen LogP contribution in [0.4, 0.5) is 13.2 Å². The summed E-state index contributed by atoms with van der Waals surface area (Å²) in [5.41, 5.74) is 4.24. The highest BCUT2D eigenvalue weighted by Gasteiger charge is 2.35. The van der Waals surface area contributed by atoms with Crippen LogP contribution in [0.15, 0.2) is 73.1 Å². The lowest BCUT2D eigenvalue weighted by Gasteiger charge is -2.36. The van der Waals surface area contributed by atoms with Gasteiger partial charge in [0.15, 0.2) is 0 Å². The molecule has 1 aliphatic rings. The molecule has 0 bridgehead atoms. The van der Waals surface area contributed by atoms with Crippen molar-refractivity contribution in [2.24, 2.45) is 0 Å². The van der Waals surface area contributed by atoms with Crippen LogP contribution in [0.3, 0.4) is 0 Å². The minimum absolute atomic E-state index is 0.288. The first kappa shape index (κ1) is 18.9. The molecule has 2 aromatic carbocycles. The van der Waals surface area contributed by atoms with Gasteiger partial charge in [0.25, 0.3) is 0 Å². The number of hydrogen-bond acceptors (Lipinski definition) is 2. The number of benzene rings is 2. The van der Waals surface area contributed by atoms with Crippen LogP contribution in [0.25, 0.3) is 10.9 Å². The number of aromatic nitrogens is 2. The lowest BCUT2D eigenvalue weighted by molar-refractivity contribution is -0.137. The minimum Gasteiger partial charge on any atom is -0.357 e. The number of rotatable bonds is 3. The number of halogens is 3. The number of para-hydroxylation sites is 1. The van der Waals surface area contributed by atoms with Crippen molar-refractivity contribution in [1.82, 2.24) is 14.9 Å². The molecule has 152 valence electrons. The Morgan fingerprint density at radius 3 is 2.70 bits per heavy atom. The lowest BCUT2D eigenvalue weighted by Crippen LogP contribution is -2.35. The zero-order valence-corrected chi connectivity index (χ0v) is 16.2. The summed E-state index contributed by atoms with van der Waals surface area (Å²) in [6.07, 6.45) is 0.000909. The van der Waals surface area contributed by atoms with E-state index >= 15 is 0 Å². The molecule has 0 fully saturated rings. The number of nitrogens with one attached hydrogen (secondary N) is 1. The Hall–Kier alpha value is -3.12.